The molecular formula is C15H28N2O6S2. The maximum atomic E-state index is 11.7. The van der Waals surface area contributed by atoms with Crippen molar-refractivity contribution in [1.82, 2.24) is 4.90 Å². The van der Waals surface area contributed by atoms with Gasteiger partial charge in [-0.25, -0.2) is 4.79 Å². The highest BCUT2D eigenvalue weighted by molar-refractivity contribution is 8.76. The summed E-state index contributed by atoms with van der Waals surface area (Å²) in [6.45, 7) is 4.89. The Bertz CT molecular complexity index is 452. The molecular weight excluding hydrogens is 368 g/mol. The van der Waals surface area contributed by atoms with Crippen LogP contribution in [0.25, 0.3) is 0 Å². The Morgan fingerprint density at radius 2 is 1.80 bits per heavy atom. The molecule has 0 aromatic heterocycles. The Kier molecular flexibility index (Phi) is 11.9. The van der Waals surface area contributed by atoms with Gasteiger partial charge in [0.1, 0.15) is 12.1 Å². The minimum absolute atomic E-state index is 0.00482. The summed E-state index contributed by atoms with van der Waals surface area (Å²) in [5.74, 6) is -2.07. The van der Waals surface area contributed by atoms with E-state index in [9.17, 15) is 24.6 Å². The number of carbonyl (C=O) groups excluding carboxylic acids is 1. The molecule has 146 valence electrons. The number of aliphatic hydroxyl groups excluding tert-OH is 1. The van der Waals surface area contributed by atoms with Crippen LogP contribution in [0.1, 0.15) is 40.0 Å². The quantitative estimate of drug-likeness (QED) is 0.265. The Hall–Kier alpha value is -0.970. The maximum absolute atomic E-state index is 11.7. The lowest BCUT2D eigenvalue weighted by molar-refractivity contribution is -0.150. The highest BCUT2D eigenvalue weighted by atomic mass is 33.1. The Morgan fingerprint density at radius 3 is 2.24 bits per heavy atom. The fourth-order valence-corrected chi connectivity index (χ4v) is 4.51. The third-order valence-electron chi connectivity index (χ3n) is 3.55. The average Bonchev–Trinajstić information content (AvgIpc) is 2.52. The number of carbonyl (C=O) groups is 3. The molecule has 4 unspecified atom stereocenters. The maximum Gasteiger partial charge on any atom is 0.326 e. The zero-order valence-electron chi connectivity index (χ0n) is 14.8. The first-order valence-electron chi connectivity index (χ1n) is 8.04. The number of carboxylic acid groups (broad SMARTS) is 2. The van der Waals surface area contributed by atoms with E-state index in [1.807, 2.05) is 6.92 Å². The second-order valence-corrected chi connectivity index (χ2v) is 8.71. The molecule has 0 saturated heterocycles. The highest BCUT2D eigenvalue weighted by Gasteiger charge is 2.28. The van der Waals surface area contributed by atoms with Crippen molar-refractivity contribution >= 4 is 39.4 Å². The summed E-state index contributed by atoms with van der Waals surface area (Å²) < 4.78 is 0. The third kappa shape index (κ3) is 9.93. The summed E-state index contributed by atoms with van der Waals surface area (Å²) in [4.78, 5) is 35.1. The second-order valence-electron chi connectivity index (χ2n) is 5.79. The summed E-state index contributed by atoms with van der Waals surface area (Å²) in [5.41, 5.74) is 5.47. The van der Waals surface area contributed by atoms with Crippen LogP contribution >= 0.6 is 21.6 Å². The van der Waals surface area contributed by atoms with Crippen LogP contribution in [-0.2, 0) is 14.4 Å². The number of nitrogens with zero attached hydrogens (tertiary/aromatic N) is 1. The van der Waals surface area contributed by atoms with Gasteiger partial charge in [0.05, 0.1) is 6.10 Å². The van der Waals surface area contributed by atoms with E-state index >= 15 is 0 Å². The molecule has 5 N–H and O–H groups in total. The van der Waals surface area contributed by atoms with Crippen molar-refractivity contribution in [1.29, 1.82) is 0 Å². The summed E-state index contributed by atoms with van der Waals surface area (Å²) >= 11 is 0. The first-order chi connectivity index (χ1) is 11.6. The van der Waals surface area contributed by atoms with Crippen LogP contribution in [0.2, 0.25) is 0 Å². The van der Waals surface area contributed by atoms with E-state index in [1.165, 1.54) is 33.4 Å². The first kappa shape index (κ1) is 24.0. The number of carboxylic acids is 2. The van der Waals surface area contributed by atoms with Crippen LogP contribution in [0.5, 0.6) is 0 Å². The molecule has 1 amide bonds. The number of aliphatic carboxylic acids is 2. The van der Waals surface area contributed by atoms with Crippen molar-refractivity contribution in [2.45, 2.75) is 63.5 Å². The lowest BCUT2D eigenvalue weighted by Gasteiger charge is -2.29. The Morgan fingerprint density at radius 1 is 1.20 bits per heavy atom. The predicted octanol–water partition coefficient (Wildman–Crippen LogP) is 1.02. The summed E-state index contributed by atoms with van der Waals surface area (Å²) in [6, 6.07) is -1.91. The van der Waals surface area contributed by atoms with Crippen LogP contribution in [-0.4, -0.2) is 73.8 Å². The standard InChI is InChI=1S/C15H28N2O6S2/c1-4-11(19)8-17(10(3)18)13(15(22)23)5-6-24-25-9(2)7-12(16)14(20)21/h9,11-13,19H,4-8,16H2,1-3H3,(H,20,21)(H,22,23). The zero-order chi connectivity index (χ0) is 19.6. The predicted molar refractivity (Wildman–Crippen MR) is 99.5 cm³/mol. The molecule has 0 saturated carbocycles. The van der Waals surface area contributed by atoms with Crippen LogP contribution in [0.3, 0.4) is 0 Å². The average molecular weight is 397 g/mol. The van der Waals surface area contributed by atoms with Crippen LogP contribution < -0.4 is 5.73 Å². The van der Waals surface area contributed by atoms with Crippen LogP contribution in [0, 0.1) is 0 Å². The molecule has 0 aromatic carbocycles. The van der Waals surface area contributed by atoms with Gasteiger partial charge in [-0.1, -0.05) is 35.4 Å². The van der Waals surface area contributed by atoms with Crippen LogP contribution in [0.15, 0.2) is 0 Å². The molecule has 0 fully saturated rings. The van der Waals surface area contributed by atoms with Crippen LogP contribution in [0.4, 0.5) is 0 Å². The van der Waals surface area contributed by atoms with E-state index in [4.69, 9.17) is 10.8 Å². The highest BCUT2D eigenvalue weighted by Crippen LogP contribution is 2.30. The molecule has 0 aliphatic heterocycles. The van der Waals surface area contributed by atoms with Gasteiger partial charge in [0.25, 0.3) is 0 Å². The molecule has 0 radical (unpaired) electrons. The molecule has 0 aromatic rings. The van der Waals surface area contributed by atoms with Gasteiger partial charge in [-0.15, -0.1) is 0 Å². The minimum Gasteiger partial charge on any atom is -0.480 e. The molecule has 25 heavy (non-hydrogen) atoms. The number of hydrogen-bond donors (Lipinski definition) is 4. The van der Waals surface area contributed by atoms with E-state index in [1.54, 1.807) is 6.92 Å². The van der Waals surface area contributed by atoms with Gasteiger partial charge in [-0.05, 0) is 19.3 Å². The second kappa shape index (κ2) is 12.4. The first-order valence-corrected chi connectivity index (χ1v) is 10.4. The monoisotopic (exact) mass is 396 g/mol. The molecule has 0 bridgehead atoms. The van der Waals surface area contributed by atoms with Gasteiger partial charge >= 0.3 is 11.9 Å². The van der Waals surface area contributed by atoms with Gasteiger partial charge in [-0.3, -0.25) is 9.59 Å². The molecule has 0 heterocycles. The van der Waals surface area contributed by atoms with Gasteiger partial charge in [-0.2, -0.15) is 0 Å². The van der Waals surface area contributed by atoms with E-state index in [2.05, 4.69) is 0 Å². The summed E-state index contributed by atoms with van der Waals surface area (Å²) in [5, 5.41) is 27.9. The van der Waals surface area contributed by atoms with Crippen molar-refractivity contribution in [2.24, 2.45) is 5.73 Å². The minimum atomic E-state index is -1.11. The van der Waals surface area contributed by atoms with Gasteiger partial charge in [0.15, 0.2) is 0 Å². The topological polar surface area (TPSA) is 141 Å². The largest absolute Gasteiger partial charge is 0.480 e. The third-order valence-corrected chi connectivity index (χ3v) is 6.51. The fourth-order valence-electron chi connectivity index (χ4n) is 2.07. The number of rotatable bonds is 13. The SMILES string of the molecule is CCC(O)CN(C(C)=O)C(CCSSC(C)CC(N)C(=O)O)C(=O)O. The lowest BCUT2D eigenvalue weighted by atomic mass is 10.1. The van der Waals surface area contributed by atoms with Crippen molar-refractivity contribution in [3.63, 3.8) is 0 Å². The molecule has 10 heteroatoms. The summed E-state index contributed by atoms with van der Waals surface area (Å²) in [7, 11) is 2.86. The lowest BCUT2D eigenvalue weighted by Crippen LogP contribution is -2.47. The van der Waals surface area contributed by atoms with Crippen molar-refractivity contribution in [2.75, 3.05) is 12.3 Å². The molecule has 4 atom stereocenters. The Balaban J connectivity index is 4.50. The number of hydrogen-bond acceptors (Lipinski definition) is 7. The normalized spacial score (nSPS) is 15.9. The van der Waals surface area contributed by atoms with Crippen molar-refractivity contribution in [3.8, 4) is 0 Å². The van der Waals surface area contributed by atoms with Gasteiger partial charge in [0, 0.05) is 24.5 Å². The molecule has 0 aliphatic carbocycles. The Labute approximate surface area is 155 Å². The zero-order valence-corrected chi connectivity index (χ0v) is 16.4. The molecule has 0 aliphatic rings. The van der Waals surface area contributed by atoms with Gasteiger partial charge in [0.2, 0.25) is 5.91 Å². The number of nitrogens with two attached hydrogens (primary N) is 1. The van der Waals surface area contributed by atoms with E-state index in [0.29, 0.717) is 18.6 Å². The van der Waals surface area contributed by atoms with E-state index < -0.39 is 36.0 Å². The fraction of sp³-hybridized carbons (Fsp3) is 0.800. The molecule has 8 nitrogen and oxygen atoms in total. The molecule has 0 rings (SSSR count). The number of aliphatic hydroxyl groups is 1. The number of amides is 1. The smallest absolute Gasteiger partial charge is 0.326 e. The summed E-state index contributed by atoms with van der Waals surface area (Å²) in [6.07, 6.45) is 0.228. The van der Waals surface area contributed by atoms with E-state index in [-0.39, 0.29) is 18.2 Å². The van der Waals surface area contributed by atoms with E-state index in [0.717, 1.165) is 0 Å². The van der Waals surface area contributed by atoms with Crippen molar-refractivity contribution in [3.05, 3.63) is 0 Å². The van der Waals surface area contributed by atoms with Crippen molar-refractivity contribution < 1.29 is 29.7 Å². The molecule has 0 spiro atoms. The van der Waals surface area contributed by atoms with Gasteiger partial charge < -0.3 is 26.0 Å².